The summed E-state index contributed by atoms with van der Waals surface area (Å²) in [6.07, 6.45) is 9.00. The lowest BCUT2D eigenvalue weighted by atomic mass is 9.81. The molecule has 0 aliphatic carbocycles. The quantitative estimate of drug-likeness (QED) is 0.870. The highest BCUT2D eigenvalue weighted by molar-refractivity contribution is 4.95. The lowest BCUT2D eigenvalue weighted by molar-refractivity contribution is 0.0266. The van der Waals surface area contributed by atoms with Gasteiger partial charge in [0.15, 0.2) is 5.82 Å². The van der Waals surface area contributed by atoms with Gasteiger partial charge in [-0.05, 0) is 32.7 Å². The Bertz CT molecular complexity index is 353. The molecule has 2 unspecified atom stereocenters. The van der Waals surface area contributed by atoms with Gasteiger partial charge in [-0.25, -0.2) is 0 Å². The van der Waals surface area contributed by atoms with Crippen molar-refractivity contribution in [1.29, 1.82) is 0 Å². The minimum absolute atomic E-state index is 0.710. The van der Waals surface area contributed by atoms with Crippen molar-refractivity contribution >= 4 is 0 Å². The minimum Gasteiger partial charge on any atom is -0.343 e. The van der Waals surface area contributed by atoms with Crippen molar-refractivity contribution in [3.8, 4) is 0 Å². The topological polar surface area (TPSA) is 54.2 Å². The number of nitrogens with zero attached hydrogens (tertiary/aromatic N) is 3. The Morgan fingerprint density at radius 2 is 2.17 bits per heavy atom. The lowest BCUT2D eigenvalue weighted by Gasteiger charge is -2.49. The molecule has 2 fully saturated rings. The van der Waals surface area contributed by atoms with Crippen LogP contribution in [0.4, 0.5) is 0 Å². The molecule has 0 radical (unpaired) electrons. The van der Waals surface area contributed by atoms with E-state index in [0.717, 1.165) is 30.9 Å². The van der Waals surface area contributed by atoms with Gasteiger partial charge in [-0.2, -0.15) is 4.98 Å². The highest BCUT2D eigenvalue weighted by Gasteiger charge is 2.37. The summed E-state index contributed by atoms with van der Waals surface area (Å²) < 4.78 is 4.79. The van der Waals surface area contributed by atoms with Crippen molar-refractivity contribution in [3.05, 3.63) is 12.2 Å². The van der Waals surface area contributed by atoms with Gasteiger partial charge in [-0.3, -0.25) is 4.90 Å². The van der Waals surface area contributed by atoms with E-state index in [2.05, 4.69) is 27.4 Å². The van der Waals surface area contributed by atoms with E-state index in [9.17, 15) is 0 Å². The summed E-state index contributed by atoms with van der Waals surface area (Å²) in [5.74, 6) is 0.837. The largest absolute Gasteiger partial charge is 0.343 e. The van der Waals surface area contributed by atoms with Gasteiger partial charge in [-0.15, -0.1) is 0 Å². The molecule has 5 nitrogen and oxygen atoms in total. The van der Waals surface area contributed by atoms with Gasteiger partial charge in [0.1, 0.15) is 0 Å². The van der Waals surface area contributed by atoms with Gasteiger partial charge >= 0.3 is 0 Å². The summed E-state index contributed by atoms with van der Waals surface area (Å²) >= 11 is 0. The maximum Gasteiger partial charge on any atom is 0.213 e. The molecule has 1 aromatic heterocycles. The van der Waals surface area contributed by atoms with E-state index in [-0.39, 0.29) is 0 Å². The fourth-order valence-electron chi connectivity index (χ4n) is 3.61. The lowest BCUT2D eigenvalue weighted by Crippen LogP contribution is -2.56. The Hall–Kier alpha value is -0.940. The van der Waals surface area contributed by atoms with E-state index in [1.807, 2.05) is 0 Å². The summed E-state index contributed by atoms with van der Waals surface area (Å²) in [7, 11) is 2.09. The number of hydrogen-bond donors (Lipinski definition) is 1. The predicted octanol–water partition coefficient (Wildman–Crippen LogP) is 1.22. The van der Waals surface area contributed by atoms with Gasteiger partial charge in [0, 0.05) is 31.1 Å². The standard InChI is InChI=1S/C13H22N4O/c1-14-10-7-11-3-2-4-12(8-10)17(11)6-5-13-15-9-18-16-13/h9-12,14H,2-8H2,1H3. The Labute approximate surface area is 108 Å². The maximum absolute atomic E-state index is 4.79. The minimum atomic E-state index is 0.710. The molecule has 0 saturated carbocycles. The van der Waals surface area contributed by atoms with Crippen LogP contribution in [-0.2, 0) is 6.42 Å². The summed E-state index contributed by atoms with van der Waals surface area (Å²) in [6, 6.07) is 2.21. The molecule has 0 amide bonds. The zero-order valence-electron chi connectivity index (χ0n) is 11.0. The van der Waals surface area contributed by atoms with Crippen molar-refractivity contribution in [2.24, 2.45) is 0 Å². The van der Waals surface area contributed by atoms with E-state index in [1.54, 1.807) is 0 Å². The molecular formula is C13H22N4O. The molecule has 2 saturated heterocycles. The fourth-order valence-corrected chi connectivity index (χ4v) is 3.61. The molecule has 3 heterocycles. The molecule has 0 aromatic carbocycles. The van der Waals surface area contributed by atoms with Crippen LogP contribution in [0.5, 0.6) is 0 Å². The van der Waals surface area contributed by atoms with Crippen LogP contribution in [-0.4, -0.2) is 46.8 Å². The zero-order valence-corrected chi connectivity index (χ0v) is 11.0. The SMILES string of the molecule is CNC1CC2CCCC(C1)N2CCc1ncon1. The normalized spacial score (nSPS) is 32.6. The van der Waals surface area contributed by atoms with Crippen LogP contribution in [0.3, 0.4) is 0 Å². The average molecular weight is 250 g/mol. The Balaban J connectivity index is 1.61. The third kappa shape index (κ3) is 2.42. The van der Waals surface area contributed by atoms with Crippen molar-refractivity contribution in [3.63, 3.8) is 0 Å². The summed E-state index contributed by atoms with van der Waals surface area (Å²) in [6.45, 7) is 1.07. The highest BCUT2D eigenvalue weighted by Crippen LogP contribution is 2.33. The van der Waals surface area contributed by atoms with E-state index in [1.165, 1.54) is 38.5 Å². The highest BCUT2D eigenvalue weighted by atomic mass is 16.5. The molecule has 100 valence electrons. The molecule has 1 N–H and O–H groups in total. The van der Waals surface area contributed by atoms with Crippen LogP contribution in [0.15, 0.2) is 10.9 Å². The number of aromatic nitrogens is 2. The molecular weight excluding hydrogens is 228 g/mol. The van der Waals surface area contributed by atoms with Crippen LogP contribution >= 0.6 is 0 Å². The zero-order chi connectivity index (χ0) is 12.4. The van der Waals surface area contributed by atoms with Gasteiger partial charge in [0.25, 0.3) is 0 Å². The third-order valence-electron chi connectivity index (χ3n) is 4.53. The Kier molecular flexibility index (Phi) is 3.61. The Morgan fingerprint density at radius 3 is 2.78 bits per heavy atom. The van der Waals surface area contributed by atoms with Crippen LogP contribution in [0.1, 0.15) is 37.9 Å². The number of nitrogens with one attached hydrogen (secondary N) is 1. The first-order chi connectivity index (χ1) is 8.86. The average Bonchev–Trinajstić information content (AvgIpc) is 2.88. The summed E-state index contributed by atoms with van der Waals surface area (Å²) in [5, 5.41) is 7.36. The van der Waals surface area contributed by atoms with Crippen LogP contribution in [0.25, 0.3) is 0 Å². The van der Waals surface area contributed by atoms with Gasteiger partial charge in [0.05, 0.1) is 0 Å². The van der Waals surface area contributed by atoms with Crippen molar-refractivity contribution in [2.75, 3.05) is 13.6 Å². The molecule has 1 aromatic rings. The number of rotatable bonds is 4. The second-order valence-electron chi connectivity index (χ2n) is 5.53. The first-order valence-corrected chi connectivity index (χ1v) is 7.05. The number of piperidine rings is 2. The van der Waals surface area contributed by atoms with Gasteiger partial charge in [-0.1, -0.05) is 11.6 Å². The molecule has 2 atom stereocenters. The third-order valence-corrected chi connectivity index (χ3v) is 4.53. The second-order valence-corrected chi connectivity index (χ2v) is 5.53. The maximum atomic E-state index is 4.79. The monoisotopic (exact) mass is 250 g/mol. The van der Waals surface area contributed by atoms with Crippen LogP contribution in [0, 0.1) is 0 Å². The van der Waals surface area contributed by atoms with Crippen LogP contribution < -0.4 is 5.32 Å². The molecule has 18 heavy (non-hydrogen) atoms. The molecule has 0 spiro atoms. The second kappa shape index (κ2) is 5.36. The molecule has 5 heteroatoms. The van der Waals surface area contributed by atoms with E-state index in [4.69, 9.17) is 4.52 Å². The predicted molar refractivity (Wildman–Crippen MR) is 68.2 cm³/mol. The molecule has 2 bridgehead atoms. The first kappa shape index (κ1) is 12.1. The number of fused-ring (bicyclic) bond motifs is 2. The van der Waals surface area contributed by atoms with Crippen molar-refractivity contribution in [1.82, 2.24) is 20.4 Å². The fraction of sp³-hybridized carbons (Fsp3) is 0.846. The van der Waals surface area contributed by atoms with Crippen molar-refractivity contribution < 1.29 is 4.52 Å². The Morgan fingerprint density at radius 1 is 1.39 bits per heavy atom. The van der Waals surface area contributed by atoms with E-state index < -0.39 is 0 Å². The van der Waals surface area contributed by atoms with Crippen molar-refractivity contribution in [2.45, 2.75) is 56.7 Å². The van der Waals surface area contributed by atoms with Crippen LogP contribution in [0.2, 0.25) is 0 Å². The van der Waals surface area contributed by atoms with E-state index >= 15 is 0 Å². The van der Waals surface area contributed by atoms with E-state index in [0.29, 0.717) is 6.04 Å². The van der Waals surface area contributed by atoms with Gasteiger partial charge in [0.2, 0.25) is 6.39 Å². The summed E-state index contributed by atoms with van der Waals surface area (Å²) in [4.78, 5) is 6.80. The molecule has 2 aliphatic heterocycles. The number of hydrogen-bond acceptors (Lipinski definition) is 5. The molecule has 3 rings (SSSR count). The molecule has 2 aliphatic rings. The smallest absolute Gasteiger partial charge is 0.213 e. The summed E-state index contributed by atoms with van der Waals surface area (Å²) in [5.41, 5.74) is 0. The van der Waals surface area contributed by atoms with Gasteiger partial charge < -0.3 is 9.84 Å². The first-order valence-electron chi connectivity index (χ1n) is 7.05.